The topological polar surface area (TPSA) is 138 Å². The van der Waals surface area contributed by atoms with Crippen LogP contribution in [-0.2, 0) is 20.9 Å². The number of ether oxygens (including phenoxy) is 2. The molecule has 1 heterocycles. The Balaban J connectivity index is 1.60. The lowest BCUT2D eigenvalue weighted by Gasteiger charge is -2.35. The first-order chi connectivity index (χ1) is 24.5. The van der Waals surface area contributed by atoms with Crippen LogP contribution in [0.2, 0.25) is 0 Å². The Labute approximate surface area is 300 Å². The maximum Gasteiger partial charge on any atom is 0.416 e. The van der Waals surface area contributed by atoms with Gasteiger partial charge < -0.3 is 30.1 Å². The summed E-state index contributed by atoms with van der Waals surface area (Å²) < 4.78 is 92.6. The standard InChI is InChI=1S/C36H44F4N4O7S/c1-23-20-44(24(2)22-45)34(46)31-19-29(42-35(47)41-28-12-8-26(9-13-28)36(38,39)40)14-17-32(31)51-25(3)7-5-6-18-50-33(23)21-43(4)52(48,49)30-15-10-27(37)11-16-30/h8-17,19,23-25,33,45H,5-7,18,20-22H2,1-4H3,(H2,41,42,47)/t23-,24-,25+,33+/m0/s1. The number of benzene rings is 3. The minimum absolute atomic E-state index is 0.0384. The smallest absolute Gasteiger partial charge is 0.416 e. The molecule has 3 amide bonds. The van der Waals surface area contributed by atoms with Crippen LogP contribution in [0.1, 0.15) is 56.0 Å². The summed E-state index contributed by atoms with van der Waals surface area (Å²) in [6.45, 7) is 5.18. The van der Waals surface area contributed by atoms with Crippen molar-refractivity contribution in [1.29, 1.82) is 0 Å². The molecule has 1 aliphatic rings. The number of hydrogen-bond donors (Lipinski definition) is 3. The summed E-state index contributed by atoms with van der Waals surface area (Å²) in [6, 6.07) is 11.4. The van der Waals surface area contributed by atoms with Gasteiger partial charge in [-0.3, -0.25) is 4.79 Å². The Morgan fingerprint density at radius 1 is 1.02 bits per heavy atom. The van der Waals surface area contributed by atoms with E-state index in [1.165, 1.54) is 42.3 Å². The van der Waals surface area contributed by atoms with Gasteiger partial charge in [0.1, 0.15) is 11.6 Å². The first kappa shape index (κ1) is 40.5. The molecule has 0 bridgehead atoms. The van der Waals surface area contributed by atoms with Crippen LogP contribution >= 0.6 is 0 Å². The molecule has 52 heavy (non-hydrogen) atoms. The van der Waals surface area contributed by atoms with Gasteiger partial charge in [-0.2, -0.15) is 17.5 Å². The number of rotatable bonds is 8. The van der Waals surface area contributed by atoms with Crippen molar-refractivity contribution in [2.24, 2.45) is 5.92 Å². The number of likely N-dealkylation sites (N-methyl/N-ethyl adjacent to an activating group) is 1. The fraction of sp³-hybridized carbons (Fsp3) is 0.444. The van der Waals surface area contributed by atoms with E-state index in [1.807, 2.05) is 13.8 Å². The zero-order valence-electron chi connectivity index (χ0n) is 29.3. The van der Waals surface area contributed by atoms with Crippen LogP contribution in [0.5, 0.6) is 5.75 Å². The van der Waals surface area contributed by atoms with Gasteiger partial charge in [0, 0.05) is 44.0 Å². The molecule has 4 rings (SSSR count). The Bertz CT molecular complexity index is 1780. The number of carbonyl (C=O) groups is 2. The lowest BCUT2D eigenvalue weighted by Crippen LogP contribution is -2.48. The number of nitrogens with one attached hydrogen (secondary N) is 2. The normalized spacial score (nSPS) is 20.0. The summed E-state index contributed by atoms with van der Waals surface area (Å²) in [5, 5.41) is 15.3. The largest absolute Gasteiger partial charge is 0.490 e. The number of fused-ring (bicyclic) bond motifs is 1. The van der Waals surface area contributed by atoms with Crippen LogP contribution in [-0.4, -0.2) is 86.3 Å². The van der Waals surface area contributed by atoms with Crippen molar-refractivity contribution in [2.75, 3.05) is 44.0 Å². The van der Waals surface area contributed by atoms with E-state index in [9.17, 15) is 40.7 Å². The van der Waals surface area contributed by atoms with Gasteiger partial charge in [-0.05, 0) is 99.8 Å². The molecular weight excluding hydrogens is 708 g/mol. The summed E-state index contributed by atoms with van der Waals surface area (Å²) >= 11 is 0. The molecule has 11 nitrogen and oxygen atoms in total. The van der Waals surface area contributed by atoms with Gasteiger partial charge in [-0.25, -0.2) is 17.6 Å². The van der Waals surface area contributed by atoms with Crippen molar-refractivity contribution in [1.82, 2.24) is 9.21 Å². The van der Waals surface area contributed by atoms with Crippen molar-refractivity contribution in [3.63, 3.8) is 0 Å². The first-order valence-electron chi connectivity index (χ1n) is 16.8. The van der Waals surface area contributed by atoms with Gasteiger partial charge >= 0.3 is 12.2 Å². The molecule has 0 aliphatic carbocycles. The second kappa shape index (κ2) is 17.5. The highest BCUT2D eigenvalue weighted by atomic mass is 32.2. The molecular formula is C36H44F4N4O7S. The second-order valence-electron chi connectivity index (χ2n) is 12.9. The molecule has 16 heteroatoms. The van der Waals surface area contributed by atoms with Crippen LogP contribution < -0.4 is 15.4 Å². The summed E-state index contributed by atoms with van der Waals surface area (Å²) in [4.78, 5) is 28.5. The average molecular weight is 753 g/mol. The quantitative estimate of drug-likeness (QED) is 0.221. The molecule has 3 aromatic carbocycles. The number of aliphatic hydroxyl groups excluding tert-OH is 1. The maximum absolute atomic E-state index is 14.3. The molecule has 1 aliphatic heterocycles. The SMILES string of the molecule is C[C@@H]1CCCCO[C@H](CN(C)S(=O)(=O)c2ccc(F)cc2)[C@@H](C)CN([C@@H](C)CO)C(=O)c2cc(NC(=O)Nc3ccc(C(F)(F)F)cc3)ccc2O1. The van der Waals surface area contributed by atoms with Crippen LogP contribution in [0.15, 0.2) is 71.6 Å². The molecule has 0 fully saturated rings. The number of carbonyl (C=O) groups excluding carboxylic acids is 2. The Kier molecular flexibility index (Phi) is 13.6. The van der Waals surface area contributed by atoms with Crippen LogP contribution in [0.3, 0.4) is 0 Å². The summed E-state index contributed by atoms with van der Waals surface area (Å²) in [7, 11) is -2.61. The predicted molar refractivity (Wildman–Crippen MR) is 187 cm³/mol. The molecule has 0 unspecified atom stereocenters. The van der Waals surface area contributed by atoms with E-state index in [0.717, 1.165) is 40.7 Å². The number of sulfonamides is 1. The molecule has 0 aromatic heterocycles. The Hall–Kier alpha value is -4.25. The van der Waals surface area contributed by atoms with E-state index in [4.69, 9.17) is 9.47 Å². The third-order valence-electron chi connectivity index (χ3n) is 8.74. The van der Waals surface area contributed by atoms with Gasteiger partial charge in [0.2, 0.25) is 10.0 Å². The third-order valence-corrected chi connectivity index (χ3v) is 10.6. The van der Waals surface area contributed by atoms with Crippen molar-refractivity contribution < 1.29 is 50.1 Å². The number of amides is 3. The van der Waals surface area contributed by atoms with Gasteiger partial charge in [0.15, 0.2) is 0 Å². The monoisotopic (exact) mass is 752 g/mol. The summed E-state index contributed by atoms with van der Waals surface area (Å²) in [5.41, 5.74) is -0.486. The van der Waals surface area contributed by atoms with Crippen molar-refractivity contribution >= 4 is 33.3 Å². The summed E-state index contributed by atoms with van der Waals surface area (Å²) in [5.74, 6) is -1.32. The number of aliphatic hydroxyl groups is 1. The lowest BCUT2D eigenvalue weighted by atomic mass is 10.0. The molecule has 4 atom stereocenters. The molecule has 0 saturated heterocycles. The lowest BCUT2D eigenvalue weighted by molar-refractivity contribution is -0.137. The zero-order valence-corrected chi connectivity index (χ0v) is 30.1. The number of anilines is 2. The van der Waals surface area contributed by atoms with Crippen LogP contribution in [0.4, 0.5) is 33.7 Å². The number of halogens is 4. The summed E-state index contributed by atoms with van der Waals surface area (Å²) in [6.07, 6.45) is -3.60. The van der Waals surface area contributed by atoms with Crippen molar-refractivity contribution in [3.05, 3.63) is 83.7 Å². The van der Waals surface area contributed by atoms with Crippen molar-refractivity contribution in [3.8, 4) is 5.75 Å². The average Bonchev–Trinajstić information content (AvgIpc) is 3.09. The van der Waals surface area contributed by atoms with Gasteiger partial charge in [0.05, 0.1) is 40.9 Å². The highest BCUT2D eigenvalue weighted by Crippen LogP contribution is 2.31. The first-order valence-corrected chi connectivity index (χ1v) is 18.2. The number of urea groups is 1. The number of nitrogens with zero attached hydrogens (tertiary/aromatic N) is 2. The molecule has 3 aromatic rings. The maximum atomic E-state index is 14.3. The van der Waals surface area contributed by atoms with E-state index in [1.54, 1.807) is 6.92 Å². The van der Waals surface area contributed by atoms with E-state index < -0.39 is 64.2 Å². The number of hydrogen-bond acceptors (Lipinski definition) is 7. The van der Waals surface area contributed by atoms with E-state index >= 15 is 0 Å². The highest BCUT2D eigenvalue weighted by molar-refractivity contribution is 7.89. The molecule has 0 spiro atoms. The minimum atomic E-state index is -4.53. The fourth-order valence-electron chi connectivity index (χ4n) is 5.64. The fourth-order valence-corrected chi connectivity index (χ4v) is 6.82. The molecule has 0 saturated carbocycles. The molecule has 0 radical (unpaired) electrons. The highest BCUT2D eigenvalue weighted by Gasteiger charge is 2.33. The van der Waals surface area contributed by atoms with Crippen molar-refractivity contribution in [2.45, 2.75) is 69.4 Å². The van der Waals surface area contributed by atoms with Crippen LogP contribution in [0.25, 0.3) is 0 Å². The zero-order chi connectivity index (χ0) is 38.2. The Morgan fingerprint density at radius 3 is 2.29 bits per heavy atom. The molecule has 284 valence electrons. The Morgan fingerprint density at radius 2 is 1.65 bits per heavy atom. The minimum Gasteiger partial charge on any atom is -0.490 e. The van der Waals surface area contributed by atoms with Gasteiger partial charge in [-0.15, -0.1) is 0 Å². The van der Waals surface area contributed by atoms with Gasteiger partial charge in [-0.1, -0.05) is 6.92 Å². The van der Waals surface area contributed by atoms with Gasteiger partial charge in [0.25, 0.3) is 5.91 Å². The van der Waals surface area contributed by atoms with E-state index in [2.05, 4.69) is 10.6 Å². The molecule has 3 N–H and O–H groups in total. The third kappa shape index (κ3) is 10.6. The second-order valence-corrected chi connectivity index (χ2v) is 14.9. The van der Waals surface area contributed by atoms with E-state index in [0.29, 0.717) is 25.9 Å². The van der Waals surface area contributed by atoms with Crippen LogP contribution in [0, 0.1) is 11.7 Å². The predicted octanol–water partition coefficient (Wildman–Crippen LogP) is 6.60. The number of alkyl halides is 3. The van der Waals surface area contributed by atoms with E-state index in [-0.39, 0.29) is 46.8 Å².